The van der Waals surface area contributed by atoms with Gasteiger partial charge in [0.25, 0.3) is 0 Å². The molecule has 0 bridgehead atoms. The highest BCUT2D eigenvalue weighted by Gasteiger charge is 2.20. The SMILES string of the molecule is C=Cc1c(C=C)c(-c2cc3ccccc3c3ccccc23)c2ccccc2c1-c1ccccc1. The van der Waals surface area contributed by atoms with Crippen LogP contribution in [0.4, 0.5) is 0 Å². The fourth-order valence-electron chi connectivity index (χ4n) is 5.37. The van der Waals surface area contributed by atoms with Gasteiger partial charge in [-0.1, -0.05) is 128 Å². The summed E-state index contributed by atoms with van der Waals surface area (Å²) in [5.74, 6) is 0. The Morgan fingerprint density at radius 1 is 0.441 bits per heavy atom. The summed E-state index contributed by atoms with van der Waals surface area (Å²) in [5.41, 5.74) is 7.06. The van der Waals surface area contributed by atoms with E-state index in [4.69, 9.17) is 0 Å². The Morgan fingerprint density at radius 3 is 1.62 bits per heavy atom. The average Bonchev–Trinajstić information content (AvgIpc) is 2.91. The van der Waals surface area contributed by atoms with Crippen molar-refractivity contribution in [2.45, 2.75) is 0 Å². The largest absolute Gasteiger partial charge is 0.0984 e. The van der Waals surface area contributed by atoms with Crippen molar-refractivity contribution >= 4 is 44.5 Å². The minimum Gasteiger partial charge on any atom is -0.0984 e. The fraction of sp³-hybridized carbons (Fsp3) is 0. The minimum atomic E-state index is 1.12. The van der Waals surface area contributed by atoms with E-state index in [9.17, 15) is 0 Å². The standard InChI is InChI=1S/C34H24/c1-3-25-26(4-2)34(31-21-13-12-20-30(31)33(25)23-14-6-5-7-15-23)32-22-24-16-8-9-17-27(24)28-18-10-11-19-29(28)32/h3-22H,1-2H2. The summed E-state index contributed by atoms with van der Waals surface area (Å²) in [6, 6.07) is 39.0. The van der Waals surface area contributed by atoms with Gasteiger partial charge in [0, 0.05) is 0 Å². The highest BCUT2D eigenvalue weighted by atomic mass is 14.2. The molecule has 0 atom stereocenters. The van der Waals surface area contributed by atoms with E-state index in [2.05, 4.69) is 122 Å². The molecule has 0 fully saturated rings. The molecule has 0 aromatic heterocycles. The van der Waals surface area contributed by atoms with Gasteiger partial charge in [-0.05, 0) is 71.8 Å². The first-order valence-corrected chi connectivity index (χ1v) is 11.6. The van der Waals surface area contributed by atoms with Crippen LogP contribution < -0.4 is 0 Å². The fourth-order valence-corrected chi connectivity index (χ4v) is 5.37. The van der Waals surface area contributed by atoms with E-state index in [0.717, 1.165) is 11.1 Å². The summed E-state index contributed by atoms with van der Waals surface area (Å²) >= 11 is 0. The molecule has 0 saturated carbocycles. The molecule has 0 aliphatic rings. The predicted molar refractivity (Wildman–Crippen MR) is 150 cm³/mol. The summed E-state index contributed by atoms with van der Waals surface area (Å²) < 4.78 is 0. The van der Waals surface area contributed by atoms with Crippen LogP contribution in [0, 0.1) is 0 Å². The third-order valence-corrected chi connectivity index (χ3v) is 6.80. The van der Waals surface area contributed by atoms with Gasteiger partial charge in [-0.15, -0.1) is 0 Å². The Hall–Kier alpha value is -4.42. The summed E-state index contributed by atoms with van der Waals surface area (Å²) in [6.07, 6.45) is 3.98. The molecule has 0 spiro atoms. The second-order valence-corrected chi connectivity index (χ2v) is 8.59. The number of benzene rings is 6. The molecule has 0 radical (unpaired) electrons. The summed E-state index contributed by atoms with van der Waals surface area (Å²) in [6.45, 7) is 8.49. The van der Waals surface area contributed by atoms with Crippen LogP contribution in [0.1, 0.15) is 11.1 Å². The van der Waals surface area contributed by atoms with Gasteiger partial charge >= 0.3 is 0 Å². The lowest BCUT2D eigenvalue weighted by Crippen LogP contribution is -1.96. The summed E-state index contributed by atoms with van der Waals surface area (Å²) in [5, 5.41) is 7.47. The van der Waals surface area contributed by atoms with Gasteiger partial charge in [-0.3, -0.25) is 0 Å². The summed E-state index contributed by atoms with van der Waals surface area (Å²) in [7, 11) is 0. The van der Waals surface area contributed by atoms with E-state index in [1.54, 1.807) is 0 Å². The normalized spacial score (nSPS) is 11.2. The molecular formula is C34H24. The molecule has 0 saturated heterocycles. The van der Waals surface area contributed by atoms with Gasteiger partial charge < -0.3 is 0 Å². The van der Waals surface area contributed by atoms with Crippen molar-refractivity contribution in [2.75, 3.05) is 0 Å². The van der Waals surface area contributed by atoms with Crippen molar-refractivity contribution in [3.63, 3.8) is 0 Å². The number of hydrogen-bond donors (Lipinski definition) is 0. The van der Waals surface area contributed by atoms with Crippen LogP contribution in [-0.4, -0.2) is 0 Å². The third kappa shape index (κ3) is 3.00. The molecule has 160 valence electrons. The van der Waals surface area contributed by atoms with Crippen LogP contribution >= 0.6 is 0 Å². The topological polar surface area (TPSA) is 0 Å². The van der Waals surface area contributed by atoms with E-state index in [-0.39, 0.29) is 0 Å². The third-order valence-electron chi connectivity index (χ3n) is 6.80. The number of hydrogen-bond acceptors (Lipinski definition) is 0. The Bertz CT molecular complexity index is 1720. The molecule has 0 nitrogen and oxygen atoms in total. The zero-order valence-corrected chi connectivity index (χ0v) is 19.0. The second kappa shape index (κ2) is 8.17. The lowest BCUT2D eigenvalue weighted by Gasteiger charge is -2.21. The van der Waals surface area contributed by atoms with Gasteiger partial charge in [0.1, 0.15) is 0 Å². The van der Waals surface area contributed by atoms with E-state index in [0.29, 0.717) is 0 Å². The zero-order valence-electron chi connectivity index (χ0n) is 19.0. The van der Waals surface area contributed by atoms with Gasteiger partial charge in [0.15, 0.2) is 0 Å². The van der Waals surface area contributed by atoms with E-state index in [1.807, 2.05) is 12.2 Å². The van der Waals surface area contributed by atoms with Crippen LogP contribution in [0.2, 0.25) is 0 Å². The molecule has 0 aliphatic carbocycles. The van der Waals surface area contributed by atoms with Gasteiger partial charge in [0.2, 0.25) is 0 Å². The smallest absolute Gasteiger partial charge is 0.00201 e. The lowest BCUT2D eigenvalue weighted by molar-refractivity contribution is 1.60. The van der Waals surface area contributed by atoms with Gasteiger partial charge in [0.05, 0.1) is 0 Å². The Morgan fingerprint density at radius 2 is 0.941 bits per heavy atom. The molecule has 0 amide bonds. The van der Waals surface area contributed by atoms with Gasteiger partial charge in [-0.2, -0.15) is 0 Å². The lowest BCUT2D eigenvalue weighted by atomic mass is 9.82. The van der Waals surface area contributed by atoms with Crippen LogP contribution in [0.5, 0.6) is 0 Å². The molecule has 6 aromatic rings. The molecular weight excluding hydrogens is 408 g/mol. The van der Waals surface area contributed by atoms with Crippen LogP contribution in [-0.2, 0) is 0 Å². The second-order valence-electron chi connectivity index (χ2n) is 8.59. The molecule has 0 heterocycles. The number of fused-ring (bicyclic) bond motifs is 4. The average molecular weight is 433 g/mol. The van der Waals surface area contributed by atoms with E-state index >= 15 is 0 Å². The van der Waals surface area contributed by atoms with Crippen molar-refractivity contribution in [2.24, 2.45) is 0 Å². The van der Waals surface area contributed by atoms with E-state index in [1.165, 1.54) is 54.6 Å². The Labute approximate surface area is 200 Å². The first-order valence-electron chi connectivity index (χ1n) is 11.6. The highest BCUT2D eigenvalue weighted by molar-refractivity contribution is 6.19. The zero-order chi connectivity index (χ0) is 23.1. The van der Waals surface area contributed by atoms with Crippen molar-refractivity contribution < 1.29 is 0 Å². The van der Waals surface area contributed by atoms with Crippen LogP contribution in [0.25, 0.3) is 66.7 Å². The number of rotatable bonds is 4. The van der Waals surface area contributed by atoms with Crippen molar-refractivity contribution in [3.8, 4) is 22.3 Å². The molecule has 6 rings (SSSR count). The maximum Gasteiger partial charge on any atom is -0.00201 e. The van der Waals surface area contributed by atoms with Crippen molar-refractivity contribution in [1.29, 1.82) is 0 Å². The first-order chi connectivity index (χ1) is 16.8. The maximum atomic E-state index is 4.26. The Kier molecular flexibility index (Phi) is 4.86. The van der Waals surface area contributed by atoms with E-state index < -0.39 is 0 Å². The van der Waals surface area contributed by atoms with Crippen molar-refractivity contribution in [3.05, 3.63) is 133 Å². The predicted octanol–water partition coefficient (Wildman–Crippen LogP) is 9.77. The molecule has 0 unspecified atom stereocenters. The molecule has 0 heteroatoms. The minimum absolute atomic E-state index is 1.12. The Balaban J connectivity index is 1.85. The quantitative estimate of drug-likeness (QED) is 0.243. The summed E-state index contributed by atoms with van der Waals surface area (Å²) in [4.78, 5) is 0. The molecule has 0 N–H and O–H groups in total. The molecule has 6 aromatic carbocycles. The van der Waals surface area contributed by atoms with Gasteiger partial charge in [-0.25, -0.2) is 0 Å². The highest BCUT2D eigenvalue weighted by Crippen LogP contribution is 2.45. The maximum absolute atomic E-state index is 4.26. The van der Waals surface area contributed by atoms with Crippen LogP contribution in [0.15, 0.2) is 122 Å². The molecule has 34 heavy (non-hydrogen) atoms. The monoisotopic (exact) mass is 432 g/mol. The van der Waals surface area contributed by atoms with Crippen LogP contribution in [0.3, 0.4) is 0 Å². The molecule has 0 aliphatic heterocycles. The van der Waals surface area contributed by atoms with Crippen molar-refractivity contribution in [1.82, 2.24) is 0 Å². The first kappa shape index (κ1) is 20.2.